The number of pyridine rings is 1. The Morgan fingerprint density at radius 3 is 2.46 bits per heavy atom. The number of nitrogens with one attached hydrogen (secondary N) is 1. The first-order valence-electron chi connectivity index (χ1n) is 13.8. The lowest BCUT2D eigenvalue weighted by molar-refractivity contribution is 0.0360. The summed E-state index contributed by atoms with van der Waals surface area (Å²) in [7, 11) is 0. The third kappa shape index (κ3) is 5.57. The van der Waals surface area contributed by atoms with Gasteiger partial charge in [-0.2, -0.15) is 5.10 Å². The third-order valence-corrected chi connectivity index (χ3v) is 7.76. The van der Waals surface area contributed by atoms with E-state index < -0.39 is 0 Å². The molecule has 3 saturated heterocycles. The molecule has 5 heterocycles. The Morgan fingerprint density at radius 2 is 1.65 bits per heavy atom. The lowest BCUT2D eigenvalue weighted by Gasteiger charge is -2.30. The summed E-state index contributed by atoms with van der Waals surface area (Å²) in [6.45, 7) is 9.35. The number of carbonyl (C=O) groups excluding carboxylic acids is 1. The van der Waals surface area contributed by atoms with E-state index >= 15 is 0 Å². The zero-order chi connectivity index (χ0) is 25.0. The number of hydrogen-bond acceptors (Lipinski definition) is 7. The maximum absolute atomic E-state index is 13.4. The van der Waals surface area contributed by atoms with Crippen LogP contribution in [-0.4, -0.2) is 84.6 Å². The Morgan fingerprint density at radius 1 is 0.892 bits per heavy atom. The van der Waals surface area contributed by atoms with Crippen LogP contribution in [-0.2, 0) is 11.3 Å². The summed E-state index contributed by atoms with van der Waals surface area (Å²) in [6, 6.07) is 9.97. The highest BCUT2D eigenvalue weighted by Crippen LogP contribution is 2.33. The van der Waals surface area contributed by atoms with Crippen LogP contribution in [0.2, 0.25) is 0 Å². The van der Waals surface area contributed by atoms with E-state index in [2.05, 4.69) is 38.3 Å². The van der Waals surface area contributed by atoms with Gasteiger partial charge in [0.25, 0.3) is 5.91 Å². The summed E-state index contributed by atoms with van der Waals surface area (Å²) in [6.07, 6.45) is 8.04. The van der Waals surface area contributed by atoms with Crippen LogP contribution in [0.3, 0.4) is 0 Å². The summed E-state index contributed by atoms with van der Waals surface area (Å²) in [5, 5.41) is 9.13. The molecule has 37 heavy (non-hydrogen) atoms. The monoisotopic (exact) mass is 503 g/mol. The second-order valence-electron chi connectivity index (χ2n) is 10.4. The zero-order valence-corrected chi connectivity index (χ0v) is 21.6. The second kappa shape index (κ2) is 11.1. The van der Waals surface area contributed by atoms with Gasteiger partial charge in [0.15, 0.2) is 0 Å². The molecule has 3 aliphatic heterocycles. The molecule has 0 unspecified atom stereocenters. The molecule has 0 spiro atoms. The average molecular weight is 504 g/mol. The van der Waals surface area contributed by atoms with E-state index in [-0.39, 0.29) is 5.91 Å². The number of nitrogens with zero attached hydrogens (tertiary/aromatic N) is 6. The fraction of sp³-hybridized carbons (Fsp3) is 0.536. The van der Waals surface area contributed by atoms with E-state index in [4.69, 9.17) is 14.8 Å². The van der Waals surface area contributed by atoms with Gasteiger partial charge in [-0.05, 0) is 56.4 Å². The van der Waals surface area contributed by atoms with Crippen molar-refractivity contribution in [2.45, 2.75) is 38.6 Å². The molecule has 1 N–H and O–H groups in total. The molecule has 1 amide bonds. The highest BCUT2D eigenvalue weighted by Gasteiger charge is 2.21. The Balaban J connectivity index is 1.25. The van der Waals surface area contributed by atoms with E-state index in [1.807, 2.05) is 16.8 Å². The molecule has 196 valence electrons. The normalized spacial score (nSPS) is 19.0. The maximum atomic E-state index is 13.4. The molecule has 3 aromatic rings. The Kier molecular flexibility index (Phi) is 7.23. The Hall–Kier alpha value is -3.17. The number of ether oxygens (including phenoxy) is 1. The average Bonchev–Trinajstić information content (AvgIpc) is 3.63. The van der Waals surface area contributed by atoms with Crippen LogP contribution in [0.1, 0.15) is 42.6 Å². The van der Waals surface area contributed by atoms with Gasteiger partial charge in [0.05, 0.1) is 36.6 Å². The Bertz CT molecular complexity index is 1220. The number of amides is 1. The number of anilines is 3. The van der Waals surface area contributed by atoms with Gasteiger partial charge < -0.3 is 19.9 Å². The van der Waals surface area contributed by atoms with E-state index in [0.29, 0.717) is 5.69 Å². The highest BCUT2D eigenvalue weighted by molar-refractivity contribution is 6.06. The first-order chi connectivity index (χ1) is 18.2. The second-order valence-corrected chi connectivity index (χ2v) is 10.4. The molecule has 0 radical (unpaired) electrons. The van der Waals surface area contributed by atoms with Crippen molar-refractivity contribution in [3.63, 3.8) is 0 Å². The summed E-state index contributed by atoms with van der Waals surface area (Å²) in [5.41, 5.74) is 3.31. The molecule has 3 fully saturated rings. The summed E-state index contributed by atoms with van der Waals surface area (Å²) in [4.78, 5) is 25.2. The third-order valence-electron chi connectivity index (χ3n) is 7.76. The predicted molar refractivity (Wildman–Crippen MR) is 147 cm³/mol. The SMILES string of the molecule is O=C(Nc1cc2cn(CCN3CCOCC3)nc2cc1N1CCCCC1)c1cccc(N2CCCC2)n1. The molecule has 3 aliphatic rings. The van der Waals surface area contributed by atoms with E-state index in [1.165, 1.54) is 32.1 Å². The molecule has 9 heteroatoms. The van der Waals surface area contributed by atoms with Crippen molar-refractivity contribution in [1.82, 2.24) is 19.7 Å². The fourth-order valence-corrected chi connectivity index (χ4v) is 5.65. The number of rotatable bonds is 7. The van der Waals surface area contributed by atoms with Crippen molar-refractivity contribution in [1.29, 1.82) is 0 Å². The highest BCUT2D eigenvalue weighted by atomic mass is 16.5. The van der Waals surface area contributed by atoms with Gasteiger partial charge in [0.2, 0.25) is 0 Å². The van der Waals surface area contributed by atoms with Crippen LogP contribution in [0.5, 0.6) is 0 Å². The quantitative estimate of drug-likeness (QED) is 0.528. The van der Waals surface area contributed by atoms with Gasteiger partial charge in [0.1, 0.15) is 11.5 Å². The Labute approximate surface area is 218 Å². The number of hydrogen-bond donors (Lipinski definition) is 1. The first-order valence-corrected chi connectivity index (χ1v) is 13.8. The van der Waals surface area contributed by atoms with Crippen LogP contribution in [0.4, 0.5) is 17.2 Å². The van der Waals surface area contributed by atoms with Gasteiger partial charge >= 0.3 is 0 Å². The van der Waals surface area contributed by atoms with Crippen LogP contribution in [0, 0.1) is 0 Å². The number of fused-ring (bicyclic) bond motifs is 1. The topological polar surface area (TPSA) is 78.8 Å². The number of piperidine rings is 1. The van der Waals surface area contributed by atoms with Gasteiger partial charge in [-0.15, -0.1) is 0 Å². The molecular formula is C28H37N7O2. The molecule has 0 atom stereocenters. The fourth-order valence-electron chi connectivity index (χ4n) is 5.65. The minimum Gasteiger partial charge on any atom is -0.379 e. The number of carbonyl (C=O) groups is 1. The van der Waals surface area contributed by atoms with E-state index in [0.717, 1.165) is 93.7 Å². The van der Waals surface area contributed by atoms with Gasteiger partial charge in [-0.1, -0.05) is 6.07 Å². The number of aromatic nitrogens is 3. The van der Waals surface area contributed by atoms with Crippen molar-refractivity contribution in [3.05, 3.63) is 42.2 Å². The lowest BCUT2D eigenvalue weighted by atomic mass is 10.1. The van der Waals surface area contributed by atoms with Crippen LogP contribution < -0.4 is 15.1 Å². The lowest BCUT2D eigenvalue weighted by Crippen LogP contribution is -2.38. The molecule has 9 nitrogen and oxygen atoms in total. The smallest absolute Gasteiger partial charge is 0.274 e. The summed E-state index contributed by atoms with van der Waals surface area (Å²) < 4.78 is 7.50. The minimum atomic E-state index is -0.168. The van der Waals surface area contributed by atoms with Crippen molar-refractivity contribution in [2.75, 3.05) is 74.1 Å². The summed E-state index contributed by atoms with van der Waals surface area (Å²) >= 11 is 0. The van der Waals surface area contributed by atoms with Crippen molar-refractivity contribution in [2.24, 2.45) is 0 Å². The standard InChI is InChI=1S/C28H37N7O2/c36-28(23-7-6-8-27(29-23)34-11-4-5-12-34)30-25-19-22-21-35(14-13-32-15-17-37-18-16-32)31-24(22)20-26(25)33-9-2-1-3-10-33/h6-8,19-21H,1-5,9-18H2,(H,30,36). The van der Waals surface area contributed by atoms with E-state index in [1.54, 1.807) is 6.07 Å². The number of morpholine rings is 1. The summed E-state index contributed by atoms with van der Waals surface area (Å²) in [5.74, 6) is 0.719. The van der Waals surface area contributed by atoms with E-state index in [9.17, 15) is 4.79 Å². The van der Waals surface area contributed by atoms with Crippen molar-refractivity contribution < 1.29 is 9.53 Å². The number of benzene rings is 1. The molecular weight excluding hydrogens is 466 g/mol. The molecule has 2 aromatic heterocycles. The first kappa shape index (κ1) is 24.2. The van der Waals surface area contributed by atoms with Gasteiger partial charge in [0, 0.05) is 57.4 Å². The van der Waals surface area contributed by atoms with Gasteiger partial charge in [-0.3, -0.25) is 14.4 Å². The zero-order valence-electron chi connectivity index (χ0n) is 21.6. The van der Waals surface area contributed by atoms with Crippen molar-refractivity contribution in [3.8, 4) is 0 Å². The minimum absolute atomic E-state index is 0.168. The maximum Gasteiger partial charge on any atom is 0.274 e. The molecule has 1 aromatic carbocycles. The van der Waals surface area contributed by atoms with Crippen molar-refractivity contribution >= 4 is 34.0 Å². The molecule has 0 aliphatic carbocycles. The van der Waals surface area contributed by atoms with Crippen LogP contribution >= 0.6 is 0 Å². The van der Waals surface area contributed by atoms with Crippen LogP contribution in [0.25, 0.3) is 10.9 Å². The largest absolute Gasteiger partial charge is 0.379 e. The predicted octanol–water partition coefficient (Wildman–Crippen LogP) is 3.61. The molecule has 0 saturated carbocycles. The van der Waals surface area contributed by atoms with Crippen LogP contribution in [0.15, 0.2) is 36.5 Å². The molecule has 6 rings (SSSR count). The van der Waals surface area contributed by atoms with Gasteiger partial charge in [-0.25, -0.2) is 4.98 Å². The molecule has 0 bridgehead atoms.